The normalized spacial score (nSPS) is 17.7. The van der Waals surface area contributed by atoms with Gasteiger partial charge < -0.3 is 29.4 Å². The summed E-state index contributed by atoms with van der Waals surface area (Å²) in [5, 5.41) is 13.7. The number of nitrogens with one attached hydrogen (secondary N) is 1. The molecule has 0 amide bonds. The minimum atomic E-state index is -0.691. The highest BCUT2D eigenvalue weighted by molar-refractivity contribution is 5.64. The van der Waals surface area contributed by atoms with Crippen LogP contribution in [0.5, 0.6) is 23.0 Å². The first-order chi connectivity index (χ1) is 13.1. The summed E-state index contributed by atoms with van der Waals surface area (Å²) in [7, 11) is 6.43. The number of ether oxygens (including phenoxy) is 4. The fourth-order valence-corrected chi connectivity index (χ4v) is 3.49. The zero-order chi connectivity index (χ0) is 19.4. The zero-order valence-electron chi connectivity index (χ0n) is 16.0. The van der Waals surface area contributed by atoms with Crippen LogP contribution >= 0.6 is 0 Å². The van der Waals surface area contributed by atoms with Crippen LogP contribution in [0.15, 0.2) is 36.5 Å². The Balaban J connectivity index is 2.05. The Morgan fingerprint density at radius 1 is 0.852 bits per heavy atom. The smallest absolute Gasteiger partial charge is 0.161 e. The minimum Gasteiger partial charge on any atom is -0.493 e. The van der Waals surface area contributed by atoms with Gasteiger partial charge in [-0.05, 0) is 53.2 Å². The van der Waals surface area contributed by atoms with Crippen LogP contribution < -0.4 is 24.3 Å². The number of hydrogen-bond donors (Lipinski definition) is 2. The standard InChI is InChI=1S/C21H25NO5/c1-24-17-6-5-14(9-18(17)25-2)12-21(13-23)16-11-20(27-4)19(26-3)10-15(16)7-8-22-21/h5-11,22-23H,12-13H2,1-4H3. The van der Waals surface area contributed by atoms with Gasteiger partial charge in [0.05, 0.1) is 40.6 Å². The number of benzene rings is 2. The van der Waals surface area contributed by atoms with Crippen molar-refractivity contribution in [3.63, 3.8) is 0 Å². The fourth-order valence-electron chi connectivity index (χ4n) is 3.49. The van der Waals surface area contributed by atoms with Crippen LogP contribution in [-0.2, 0) is 12.0 Å². The molecule has 6 heteroatoms. The van der Waals surface area contributed by atoms with E-state index in [4.69, 9.17) is 18.9 Å². The third-order valence-electron chi connectivity index (χ3n) is 4.92. The number of hydrogen-bond acceptors (Lipinski definition) is 6. The lowest BCUT2D eigenvalue weighted by atomic mass is 9.80. The number of aliphatic hydroxyl groups excluding tert-OH is 1. The predicted molar refractivity (Wildman–Crippen MR) is 104 cm³/mol. The lowest BCUT2D eigenvalue weighted by Gasteiger charge is -2.37. The molecular weight excluding hydrogens is 346 g/mol. The molecular formula is C21H25NO5. The van der Waals surface area contributed by atoms with Crippen molar-refractivity contribution in [1.29, 1.82) is 0 Å². The van der Waals surface area contributed by atoms with Crippen molar-refractivity contribution in [3.05, 3.63) is 53.2 Å². The van der Waals surface area contributed by atoms with Crippen molar-refractivity contribution in [3.8, 4) is 23.0 Å². The Morgan fingerprint density at radius 2 is 1.48 bits per heavy atom. The number of fused-ring (bicyclic) bond motifs is 1. The maximum Gasteiger partial charge on any atom is 0.161 e. The molecule has 1 atom stereocenters. The van der Waals surface area contributed by atoms with Crippen LogP contribution in [0.4, 0.5) is 0 Å². The van der Waals surface area contributed by atoms with Gasteiger partial charge in [0.1, 0.15) is 0 Å². The number of aliphatic hydroxyl groups is 1. The molecule has 0 fully saturated rings. The van der Waals surface area contributed by atoms with E-state index in [0.717, 1.165) is 16.7 Å². The fraction of sp³-hybridized carbons (Fsp3) is 0.333. The van der Waals surface area contributed by atoms with Gasteiger partial charge in [0.2, 0.25) is 0 Å². The van der Waals surface area contributed by atoms with E-state index in [-0.39, 0.29) is 6.61 Å². The Labute approximate surface area is 159 Å². The second-order valence-corrected chi connectivity index (χ2v) is 6.38. The van der Waals surface area contributed by atoms with Gasteiger partial charge >= 0.3 is 0 Å². The third-order valence-corrected chi connectivity index (χ3v) is 4.92. The van der Waals surface area contributed by atoms with E-state index in [1.54, 1.807) is 28.4 Å². The van der Waals surface area contributed by atoms with E-state index in [2.05, 4.69) is 5.32 Å². The van der Waals surface area contributed by atoms with Crippen molar-refractivity contribution in [2.45, 2.75) is 12.0 Å². The zero-order valence-corrected chi connectivity index (χ0v) is 16.0. The lowest BCUT2D eigenvalue weighted by molar-refractivity contribution is 0.171. The van der Waals surface area contributed by atoms with Gasteiger partial charge in [0, 0.05) is 6.42 Å². The number of rotatable bonds is 7. The van der Waals surface area contributed by atoms with Crippen molar-refractivity contribution in [1.82, 2.24) is 5.32 Å². The van der Waals surface area contributed by atoms with Gasteiger partial charge in [0.25, 0.3) is 0 Å². The summed E-state index contributed by atoms with van der Waals surface area (Å²) < 4.78 is 21.6. The van der Waals surface area contributed by atoms with Gasteiger partial charge in [-0.3, -0.25) is 0 Å². The molecule has 0 bridgehead atoms. The first-order valence-corrected chi connectivity index (χ1v) is 8.63. The summed E-state index contributed by atoms with van der Waals surface area (Å²) in [4.78, 5) is 0. The molecule has 1 aliphatic rings. The lowest BCUT2D eigenvalue weighted by Crippen LogP contribution is -2.46. The third kappa shape index (κ3) is 3.40. The molecule has 1 unspecified atom stereocenters. The molecule has 27 heavy (non-hydrogen) atoms. The average molecular weight is 371 g/mol. The monoisotopic (exact) mass is 371 g/mol. The summed E-state index contributed by atoms with van der Waals surface area (Å²) in [5.74, 6) is 2.60. The van der Waals surface area contributed by atoms with Crippen molar-refractivity contribution in [2.75, 3.05) is 35.0 Å². The van der Waals surface area contributed by atoms with Crippen LogP contribution in [0.25, 0.3) is 6.08 Å². The Hall–Kier alpha value is -2.86. The van der Waals surface area contributed by atoms with E-state index in [9.17, 15) is 5.11 Å². The molecule has 144 valence electrons. The number of methoxy groups -OCH3 is 4. The topological polar surface area (TPSA) is 69.2 Å². The molecule has 3 rings (SSSR count). The maximum atomic E-state index is 10.3. The SMILES string of the molecule is COc1ccc(CC2(CO)NC=Cc3cc(OC)c(OC)cc32)cc1OC. The minimum absolute atomic E-state index is 0.0891. The summed E-state index contributed by atoms with van der Waals surface area (Å²) in [6.45, 7) is -0.0891. The highest BCUT2D eigenvalue weighted by Crippen LogP contribution is 2.40. The molecule has 0 spiro atoms. The van der Waals surface area contributed by atoms with Crippen LogP contribution in [0, 0.1) is 0 Å². The molecule has 0 radical (unpaired) electrons. The van der Waals surface area contributed by atoms with Crippen LogP contribution in [0.2, 0.25) is 0 Å². The largest absolute Gasteiger partial charge is 0.493 e. The highest BCUT2D eigenvalue weighted by Gasteiger charge is 2.36. The molecule has 2 aromatic rings. The molecule has 6 nitrogen and oxygen atoms in total. The molecule has 2 aromatic carbocycles. The molecule has 0 saturated heterocycles. The molecule has 2 N–H and O–H groups in total. The van der Waals surface area contributed by atoms with E-state index < -0.39 is 5.54 Å². The van der Waals surface area contributed by atoms with E-state index in [1.807, 2.05) is 42.6 Å². The van der Waals surface area contributed by atoms with Crippen LogP contribution in [-0.4, -0.2) is 40.2 Å². The van der Waals surface area contributed by atoms with Gasteiger partial charge in [0.15, 0.2) is 23.0 Å². The van der Waals surface area contributed by atoms with E-state index >= 15 is 0 Å². The van der Waals surface area contributed by atoms with Crippen molar-refractivity contribution >= 4 is 6.08 Å². The van der Waals surface area contributed by atoms with Crippen molar-refractivity contribution < 1.29 is 24.1 Å². The second-order valence-electron chi connectivity index (χ2n) is 6.38. The Bertz CT molecular complexity index is 849. The molecule has 1 aliphatic heterocycles. The van der Waals surface area contributed by atoms with Gasteiger partial charge in [-0.25, -0.2) is 0 Å². The van der Waals surface area contributed by atoms with Crippen LogP contribution in [0.3, 0.4) is 0 Å². The predicted octanol–water partition coefficient (Wildman–Crippen LogP) is 2.73. The quantitative estimate of drug-likeness (QED) is 0.780. The van der Waals surface area contributed by atoms with Gasteiger partial charge in [-0.15, -0.1) is 0 Å². The molecule has 0 saturated carbocycles. The molecule has 1 heterocycles. The molecule has 0 aliphatic carbocycles. The first kappa shape index (κ1) is 18.9. The first-order valence-electron chi connectivity index (χ1n) is 8.63. The van der Waals surface area contributed by atoms with Gasteiger partial charge in [-0.1, -0.05) is 6.07 Å². The average Bonchev–Trinajstić information content (AvgIpc) is 2.72. The van der Waals surface area contributed by atoms with Gasteiger partial charge in [-0.2, -0.15) is 0 Å². The summed E-state index contributed by atoms with van der Waals surface area (Å²) in [6, 6.07) is 9.61. The Morgan fingerprint density at radius 3 is 2.11 bits per heavy atom. The van der Waals surface area contributed by atoms with E-state index in [0.29, 0.717) is 29.4 Å². The van der Waals surface area contributed by atoms with E-state index in [1.165, 1.54) is 0 Å². The summed E-state index contributed by atoms with van der Waals surface area (Å²) >= 11 is 0. The summed E-state index contributed by atoms with van der Waals surface area (Å²) in [5.41, 5.74) is 2.23. The van der Waals surface area contributed by atoms with Crippen molar-refractivity contribution in [2.24, 2.45) is 0 Å². The molecule has 0 aromatic heterocycles. The maximum absolute atomic E-state index is 10.3. The van der Waals surface area contributed by atoms with Crippen LogP contribution in [0.1, 0.15) is 16.7 Å². The summed E-state index contributed by atoms with van der Waals surface area (Å²) in [6.07, 6.45) is 4.36. The highest BCUT2D eigenvalue weighted by atomic mass is 16.5. The second kappa shape index (κ2) is 7.80. The Kier molecular flexibility index (Phi) is 5.46.